The zero-order valence-electron chi connectivity index (χ0n) is 17.1. The molecular formula is C19H35IN6O. The van der Waals surface area contributed by atoms with E-state index in [2.05, 4.69) is 45.3 Å². The standard InChI is InChI=1S/C19H34N6O.HI/c1-15(2)11-24-7-8-26-18(14-24)10-21-19(20-3)25-6-5-16(13-25)17-9-22-23(4)12-17;/h9,12,15-16,18H,5-8,10-11,13-14H2,1-4H3,(H,20,21);1H. The first-order valence-corrected chi connectivity index (χ1v) is 9.83. The van der Waals surface area contributed by atoms with Crippen molar-refractivity contribution in [2.75, 3.05) is 52.9 Å². The summed E-state index contributed by atoms with van der Waals surface area (Å²) >= 11 is 0. The average Bonchev–Trinajstić information content (AvgIpc) is 3.24. The number of ether oxygens (including phenoxy) is 1. The Hall–Kier alpha value is -0.870. The van der Waals surface area contributed by atoms with Crippen LogP contribution in [0.25, 0.3) is 0 Å². The molecular weight excluding hydrogens is 455 g/mol. The van der Waals surface area contributed by atoms with Gasteiger partial charge < -0.3 is 15.0 Å². The summed E-state index contributed by atoms with van der Waals surface area (Å²) in [7, 11) is 3.84. The molecule has 7 nitrogen and oxygen atoms in total. The highest BCUT2D eigenvalue weighted by molar-refractivity contribution is 14.0. The number of aromatic nitrogens is 2. The van der Waals surface area contributed by atoms with Crippen molar-refractivity contribution in [3.05, 3.63) is 18.0 Å². The van der Waals surface area contributed by atoms with Gasteiger partial charge in [0.15, 0.2) is 5.96 Å². The largest absolute Gasteiger partial charge is 0.374 e. The van der Waals surface area contributed by atoms with Crippen molar-refractivity contribution in [3.63, 3.8) is 0 Å². The molecule has 27 heavy (non-hydrogen) atoms. The van der Waals surface area contributed by atoms with Gasteiger partial charge in [-0.2, -0.15) is 5.10 Å². The van der Waals surface area contributed by atoms with Gasteiger partial charge in [-0.1, -0.05) is 13.8 Å². The van der Waals surface area contributed by atoms with Crippen LogP contribution in [0.3, 0.4) is 0 Å². The second-order valence-electron chi connectivity index (χ2n) is 7.95. The van der Waals surface area contributed by atoms with Gasteiger partial charge in [-0.3, -0.25) is 14.6 Å². The van der Waals surface area contributed by atoms with Gasteiger partial charge in [0.25, 0.3) is 0 Å². The number of hydrogen-bond donors (Lipinski definition) is 1. The molecule has 1 aromatic heterocycles. The van der Waals surface area contributed by atoms with Crippen LogP contribution < -0.4 is 5.32 Å². The zero-order valence-corrected chi connectivity index (χ0v) is 19.4. The van der Waals surface area contributed by atoms with Crippen LogP contribution in [0.2, 0.25) is 0 Å². The van der Waals surface area contributed by atoms with E-state index < -0.39 is 0 Å². The van der Waals surface area contributed by atoms with Crippen molar-refractivity contribution >= 4 is 29.9 Å². The lowest BCUT2D eigenvalue weighted by atomic mass is 10.0. The lowest BCUT2D eigenvalue weighted by molar-refractivity contribution is -0.0286. The number of aliphatic imine (C=N–C) groups is 1. The van der Waals surface area contributed by atoms with Gasteiger partial charge in [-0.05, 0) is 17.9 Å². The summed E-state index contributed by atoms with van der Waals surface area (Å²) in [6, 6.07) is 0. The smallest absolute Gasteiger partial charge is 0.193 e. The third kappa shape index (κ3) is 6.32. The van der Waals surface area contributed by atoms with Crippen LogP contribution in [0.5, 0.6) is 0 Å². The topological polar surface area (TPSA) is 57.9 Å². The van der Waals surface area contributed by atoms with Crippen molar-refractivity contribution in [2.24, 2.45) is 18.0 Å². The Kier molecular flexibility index (Phi) is 8.81. The van der Waals surface area contributed by atoms with Crippen LogP contribution in [0, 0.1) is 5.92 Å². The summed E-state index contributed by atoms with van der Waals surface area (Å²) in [5.41, 5.74) is 1.32. The fourth-order valence-corrected chi connectivity index (χ4v) is 4.00. The van der Waals surface area contributed by atoms with Crippen LogP contribution in [-0.4, -0.2) is 84.6 Å². The summed E-state index contributed by atoms with van der Waals surface area (Å²) in [6.45, 7) is 11.4. The Bertz CT molecular complexity index is 605. The molecule has 2 atom stereocenters. The number of morpholine rings is 1. The van der Waals surface area contributed by atoms with E-state index in [-0.39, 0.29) is 30.1 Å². The van der Waals surface area contributed by atoms with Crippen molar-refractivity contribution in [2.45, 2.75) is 32.3 Å². The first-order valence-electron chi connectivity index (χ1n) is 9.83. The van der Waals surface area contributed by atoms with Gasteiger partial charge >= 0.3 is 0 Å². The maximum atomic E-state index is 5.95. The number of rotatable bonds is 5. The number of nitrogens with one attached hydrogen (secondary N) is 1. The van der Waals surface area contributed by atoms with Crippen molar-refractivity contribution in [1.82, 2.24) is 24.9 Å². The summed E-state index contributed by atoms with van der Waals surface area (Å²) in [5, 5.41) is 7.84. The molecule has 3 rings (SSSR count). The molecule has 2 fully saturated rings. The molecule has 1 aromatic rings. The SMILES string of the molecule is CN=C(NCC1CN(CC(C)C)CCO1)N1CCC(c2cnn(C)c2)C1.I. The molecule has 0 spiro atoms. The van der Waals surface area contributed by atoms with Gasteiger partial charge in [-0.25, -0.2) is 0 Å². The van der Waals surface area contributed by atoms with Crippen LogP contribution in [0.15, 0.2) is 17.4 Å². The third-order valence-corrected chi connectivity index (χ3v) is 5.23. The molecule has 0 radical (unpaired) electrons. The molecule has 2 aliphatic rings. The number of hydrogen-bond acceptors (Lipinski definition) is 4. The number of aryl methyl sites for hydroxylation is 1. The molecule has 2 aliphatic heterocycles. The highest BCUT2D eigenvalue weighted by Gasteiger charge is 2.28. The molecule has 0 amide bonds. The van der Waals surface area contributed by atoms with E-state index in [0.717, 1.165) is 58.3 Å². The molecule has 8 heteroatoms. The van der Waals surface area contributed by atoms with Crippen LogP contribution in [0.4, 0.5) is 0 Å². The first-order chi connectivity index (χ1) is 12.5. The third-order valence-electron chi connectivity index (χ3n) is 5.23. The Morgan fingerprint density at radius 1 is 1.37 bits per heavy atom. The van der Waals surface area contributed by atoms with Gasteiger partial charge in [0, 0.05) is 65.5 Å². The van der Waals surface area contributed by atoms with Crippen LogP contribution in [0.1, 0.15) is 31.7 Å². The van der Waals surface area contributed by atoms with E-state index in [1.165, 1.54) is 5.56 Å². The molecule has 0 bridgehead atoms. The van der Waals surface area contributed by atoms with Gasteiger partial charge in [0.05, 0.1) is 18.9 Å². The van der Waals surface area contributed by atoms with Crippen molar-refractivity contribution in [1.29, 1.82) is 0 Å². The summed E-state index contributed by atoms with van der Waals surface area (Å²) in [6.07, 6.45) is 5.50. The molecule has 0 aliphatic carbocycles. The number of likely N-dealkylation sites (tertiary alicyclic amines) is 1. The molecule has 0 aromatic carbocycles. The van der Waals surface area contributed by atoms with Crippen molar-refractivity contribution < 1.29 is 4.74 Å². The second-order valence-corrected chi connectivity index (χ2v) is 7.95. The first kappa shape index (κ1) is 22.4. The van der Waals surface area contributed by atoms with E-state index in [1.54, 1.807) is 0 Å². The Balaban J connectivity index is 0.00000261. The zero-order chi connectivity index (χ0) is 18.5. The second kappa shape index (κ2) is 10.6. The monoisotopic (exact) mass is 490 g/mol. The van der Waals surface area contributed by atoms with E-state index in [4.69, 9.17) is 4.74 Å². The minimum atomic E-state index is 0. The summed E-state index contributed by atoms with van der Waals surface area (Å²) in [5.74, 6) is 2.22. The number of nitrogens with zero attached hydrogens (tertiary/aromatic N) is 5. The normalized spacial score (nSPS) is 24.3. The summed E-state index contributed by atoms with van der Waals surface area (Å²) in [4.78, 5) is 9.36. The molecule has 2 saturated heterocycles. The van der Waals surface area contributed by atoms with E-state index in [1.807, 2.05) is 25.0 Å². The van der Waals surface area contributed by atoms with E-state index >= 15 is 0 Å². The van der Waals surface area contributed by atoms with Gasteiger partial charge in [0.2, 0.25) is 0 Å². The summed E-state index contributed by atoms with van der Waals surface area (Å²) < 4.78 is 7.84. The predicted octanol–water partition coefficient (Wildman–Crippen LogP) is 1.76. The Morgan fingerprint density at radius 2 is 2.19 bits per heavy atom. The van der Waals surface area contributed by atoms with Crippen LogP contribution >= 0.6 is 24.0 Å². The maximum absolute atomic E-state index is 5.95. The highest BCUT2D eigenvalue weighted by Crippen LogP contribution is 2.26. The van der Waals surface area contributed by atoms with E-state index in [0.29, 0.717) is 11.8 Å². The fourth-order valence-electron chi connectivity index (χ4n) is 4.00. The minimum absolute atomic E-state index is 0. The molecule has 154 valence electrons. The Morgan fingerprint density at radius 3 is 2.85 bits per heavy atom. The maximum Gasteiger partial charge on any atom is 0.193 e. The molecule has 3 heterocycles. The lowest BCUT2D eigenvalue weighted by Gasteiger charge is -2.34. The highest BCUT2D eigenvalue weighted by atomic mass is 127. The molecule has 2 unspecified atom stereocenters. The quantitative estimate of drug-likeness (QED) is 0.388. The van der Waals surface area contributed by atoms with Crippen LogP contribution in [-0.2, 0) is 11.8 Å². The number of guanidine groups is 1. The van der Waals surface area contributed by atoms with Gasteiger partial charge in [0.1, 0.15) is 0 Å². The molecule has 1 N–H and O–H groups in total. The minimum Gasteiger partial charge on any atom is -0.374 e. The predicted molar refractivity (Wildman–Crippen MR) is 120 cm³/mol. The fraction of sp³-hybridized carbons (Fsp3) is 0.789. The Labute approximate surface area is 180 Å². The molecule has 0 saturated carbocycles. The van der Waals surface area contributed by atoms with Crippen molar-refractivity contribution in [3.8, 4) is 0 Å². The van der Waals surface area contributed by atoms with E-state index in [9.17, 15) is 0 Å². The lowest BCUT2D eigenvalue weighted by Crippen LogP contribution is -2.50. The van der Waals surface area contributed by atoms with Gasteiger partial charge in [-0.15, -0.1) is 24.0 Å². The average molecular weight is 490 g/mol. The number of halogens is 1.